The summed E-state index contributed by atoms with van der Waals surface area (Å²) in [4.78, 5) is 15.1. The number of anilines is 1. The van der Waals surface area contributed by atoms with Gasteiger partial charge in [-0.3, -0.25) is 10.3 Å². The second-order valence-electron chi connectivity index (χ2n) is 9.60. The molecule has 0 unspecified atom stereocenters. The van der Waals surface area contributed by atoms with Gasteiger partial charge in [-0.2, -0.15) is 0 Å². The van der Waals surface area contributed by atoms with E-state index in [1.165, 1.54) is 0 Å². The molecule has 1 aliphatic heterocycles. The van der Waals surface area contributed by atoms with Crippen LogP contribution in [-0.2, 0) is 4.74 Å². The fraction of sp³-hybridized carbons (Fsp3) is 0.423. The quantitative estimate of drug-likeness (QED) is 0.427. The van der Waals surface area contributed by atoms with Crippen LogP contribution in [0.25, 0.3) is 11.3 Å². The summed E-state index contributed by atoms with van der Waals surface area (Å²) >= 11 is 0. The fourth-order valence-corrected chi connectivity index (χ4v) is 4.48. The summed E-state index contributed by atoms with van der Waals surface area (Å²) in [5.41, 5.74) is 4.17. The van der Waals surface area contributed by atoms with Crippen molar-refractivity contribution in [3.8, 4) is 0 Å². The van der Waals surface area contributed by atoms with Gasteiger partial charge in [0.25, 0.3) is 0 Å². The minimum atomic E-state index is 0.368. The zero-order valence-corrected chi connectivity index (χ0v) is 21.3. The molecule has 2 aliphatic rings. The highest BCUT2D eigenvalue weighted by atomic mass is 16.5. The van der Waals surface area contributed by atoms with Gasteiger partial charge < -0.3 is 24.8 Å². The summed E-state index contributed by atoms with van der Waals surface area (Å²) in [6, 6.07) is 7.83. The number of fused-ring (bicyclic) bond motifs is 2. The maximum absolute atomic E-state index is 8.85. The van der Waals surface area contributed by atoms with Gasteiger partial charge in [0.15, 0.2) is 5.82 Å². The molecule has 190 valence electrons. The molecule has 36 heavy (non-hydrogen) atoms. The van der Waals surface area contributed by atoms with Crippen LogP contribution in [0.2, 0.25) is 0 Å². The van der Waals surface area contributed by atoms with E-state index in [1.807, 2.05) is 61.3 Å². The van der Waals surface area contributed by atoms with Crippen molar-refractivity contribution in [3.05, 3.63) is 54.0 Å². The van der Waals surface area contributed by atoms with Gasteiger partial charge in [-0.15, -0.1) is 5.10 Å². The SMILES string of the molecule is CN(C)CCNc1nn2ccccc2c1/N=C1\C=C(OCCN2CCN(C)CC2)c2[nH]ccc2C1=N. The maximum atomic E-state index is 8.85. The molecule has 1 aliphatic carbocycles. The van der Waals surface area contributed by atoms with Crippen LogP contribution in [0.1, 0.15) is 11.3 Å². The molecule has 0 radical (unpaired) electrons. The molecule has 0 bridgehead atoms. The molecule has 5 rings (SSSR count). The minimum Gasteiger partial charge on any atom is -0.490 e. The first-order valence-electron chi connectivity index (χ1n) is 12.5. The summed E-state index contributed by atoms with van der Waals surface area (Å²) in [6.07, 6.45) is 5.64. The van der Waals surface area contributed by atoms with E-state index in [4.69, 9.17) is 20.2 Å². The van der Waals surface area contributed by atoms with Crippen LogP contribution in [0, 0.1) is 5.41 Å². The Kier molecular flexibility index (Phi) is 7.17. The predicted octanol–water partition coefficient (Wildman–Crippen LogP) is 2.39. The molecule has 1 saturated heterocycles. The number of hydrogen-bond donors (Lipinski definition) is 3. The van der Waals surface area contributed by atoms with E-state index in [0.29, 0.717) is 23.8 Å². The largest absolute Gasteiger partial charge is 0.490 e. The molecule has 0 atom stereocenters. The van der Waals surface area contributed by atoms with Crippen molar-refractivity contribution >= 4 is 34.2 Å². The van der Waals surface area contributed by atoms with Gasteiger partial charge >= 0.3 is 0 Å². The van der Waals surface area contributed by atoms with Crippen LogP contribution in [0.4, 0.5) is 11.5 Å². The number of nitrogens with one attached hydrogen (secondary N) is 3. The van der Waals surface area contributed by atoms with Gasteiger partial charge in [0, 0.05) is 69.8 Å². The third-order valence-corrected chi connectivity index (χ3v) is 6.65. The lowest BCUT2D eigenvalue weighted by molar-refractivity contribution is 0.127. The highest BCUT2D eigenvalue weighted by molar-refractivity contribution is 6.54. The van der Waals surface area contributed by atoms with Crippen molar-refractivity contribution in [1.82, 2.24) is 29.3 Å². The number of aromatic nitrogens is 3. The summed E-state index contributed by atoms with van der Waals surface area (Å²) in [5.74, 6) is 1.42. The third kappa shape index (κ3) is 5.20. The number of aromatic amines is 1. The Morgan fingerprint density at radius 1 is 1.19 bits per heavy atom. The number of H-pyrrole nitrogens is 1. The van der Waals surface area contributed by atoms with Gasteiger partial charge in [0.05, 0.1) is 22.6 Å². The lowest BCUT2D eigenvalue weighted by Crippen LogP contribution is -2.45. The third-order valence-electron chi connectivity index (χ3n) is 6.65. The number of piperazine rings is 1. The molecular weight excluding hydrogens is 454 g/mol. The van der Waals surface area contributed by atoms with Crippen LogP contribution in [0.15, 0.2) is 47.7 Å². The zero-order valence-electron chi connectivity index (χ0n) is 21.3. The van der Waals surface area contributed by atoms with Gasteiger partial charge in [-0.05, 0) is 39.3 Å². The molecule has 0 amide bonds. The fourth-order valence-electron chi connectivity index (χ4n) is 4.48. The number of likely N-dealkylation sites (N-methyl/N-ethyl adjacent to an activating group) is 2. The number of hydrogen-bond acceptors (Lipinski definition) is 8. The summed E-state index contributed by atoms with van der Waals surface area (Å²) < 4.78 is 8.08. The Morgan fingerprint density at radius 2 is 2.03 bits per heavy atom. The summed E-state index contributed by atoms with van der Waals surface area (Å²) in [6.45, 7) is 7.36. The molecule has 1 fully saturated rings. The normalized spacial score (nSPS) is 18.2. The minimum absolute atomic E-state index is 0.368. The van der Waals surface area contributed by atoms with E-state index < -0.39 is 0 Å². The van der Waals surface area contributed by atoms with Crippen molar-refractivity contribution in [1.29, 1.82) is 5.41 Å². The van der Waals surface area contributed by atoms with Crippen molar-refractivity contribution in [3.63, 3.8) is 0 Å². The molecule has 0 saturated carbocycles. The summed E-state index contributed by atoms with van der Waals surface area (Å²) in [7, 11) is 6.25. The molecule has 3 N–H and O–H groups in total. The zero-order chi connectivity index (χ0) is 25.1. The van der Waals surface area contributed by atoms with Gasteiger partial charge in [0.2, 0.25) is 0 Å². The van der Waals surface area contributed by atoms with Gasteiger partial charge in [0.1, 0.15) is 18.1 Å². The molecule has 3 aromatic rings. The van der Waals surface area contributed by atoms with Crippen molar-refractivity contribution < 1.29 is 4.74 Å². The first-order valence-corrected chi connectivity index (χ1v) is 12.5. The van der Waals surface area contributed by atoms with Crippen molar-refractivity contribution in [2.24, 2.45) is 4.99 Å². The number of aliphatic imine (C=N–C) groups is 1. The van der Waals surface area contributed by atoms with Crippen LogP contribution in [0.3, 0.4) is 0 Å². The number of allylic oxidation sites excluding steroid dienone is 1. The Morgan fingerprint density at radius 3 is 2.83 bits per heavy atom. The van der Waals surface area contributed by atoms with E-state index >= 15 is 0 Å². The average molecular weight is 490 g/mol. The smallest absolute Gasteiger partial charge is 0.175 e. The number of nitrogens with zero attached hydrogens (tertiary/aromatic N) is 6. The highest BCUT2D eigenvalue weighted by Gasteiger charge is 2.25. The summed E-state index contributed by atoms with van der Waals surface area (Å²) in [5, 5.41) is 17.0. The highest BCUT2D eigenvalue weighted by Crippen LogP contribution is 2.32. The topological polar surface area (TPSA) is 100 Å². The molecule has 0 spiro atoms. The van der Waals surface area contributed by atoms with E-state index in [-0.39, 0.29) is 0 Å². The maximum Gasteiger partial charge on any atom is 0.175 e. The van der Waals surface area contributed by atoms with Crippen LogP contribution >= 0.6 is 0 Å². The Balaban J connectivity index is 1.41. The molecule has 3 aromatic heterocycles. The van der Waals surface area contributed by atoms with E-state index in [0.717, 1.165) is 74.0 Å². The Labute approximate surface area is 211 Å². The Hall–Kier alpha value is -3.47. The van der Waals surface area contributed by atoms with Crippen LogP contribution in [-0.4, -0.2) is 114 Å². The predicted molar refractivity (Wildman–Crippen MR) is 145 cm³/mol. The second-order valence-corrected chi connectivity index (χ2v) is 9.60. The molecule has 10 nitrogen and oxygen atoms in total. The Bertz CT molecular complexity index is 1280. The van der Waals surface area contributed by atoms with E-state index in [2.05, 4.69) is 32.0 Å². The van der Waals surface area contributed by atoms with Crippen molar-refractivity contribution in [2.75, 3.05) is 78.9 Å². The van der Waals surface area contributed by atoms with Gasteiger partial charge in [-0.25, -0.2) is 9.51 Å². The van der Waals surface area contributed by atoms with Crippen LogP contribution in [0.5, 0.6) is 0 Å². The van der Waals surface area contributed by atoms with Crippen molar-refractivity contribution in [2.45, 2.75) is 0 Å². The monoisotopic (exact) mass is 489 g/mol. The molecule has 4 heterocycles. The van der Waals surface area contributed by atoms with E-state index in [1.54, 1.807) is 0 Å². The van der Waals surface area contributed by atoms with Crippen LogP contribution < -0.4 is 5.32 Å². The van der Waals surface area contributed by atoms with Gasteiger partial charge in [-0.1, -0.05) is 6.07 Å². The number of pyridine rings is 1. The lowest BCUT2D eigenvalue weighted by Gasteiger charge is -2.32. The second kappa shape index (κ2) is 10.7. The number of rotatable bonds is 9. The first kappa shape index (κ1) is 24.2. The molecular formula is C26H35N9O. The molecule has 10 heteroatoms. The van der Waals surface area contributed by atoms with E-state index in [9.17, 15) is 0 Å². The first-order chi connectivity index (χ1) is 17.5. The molecule has 0 aromatic carbocycles. The standard InChI is InChI=1S/C26H35N9O/c1-32(2)11-9-29-26-25(21-6-4-5-10-35(21)31-26)30-20-18-22(24-19(23(20)27)7-8-28-24)36-17-16-34-14-12-33(3)13-15-34/h4-8,10,18,27-28H,9,11-17H2,1-3H3,(H,29,31)/b27-23?,30-20+. The number of ether oxygens (including phenoxy) is 1. The average Bonchev–Trinajstić information content (AvgIpc) is 3.49. The lowest BCUT2D eigenvalue weighted by atomic mass is 9.98.